The first kappa shape index (κ1) is 24.8. The molecule has 0 saturated heterocycles. The Balaban J connectivity index is 1.34. The van der Waals surface area contributed by atoms with E-state index in [-0.39, 0.29) is 11.7 Å². The second-order valence-corrected chi connectivity index (χ2v) is 8.31. The molecule has 3 rings (SSSR count). The Labute approximate surface area is 198 Å². The molecule has 0 bridgehead atoms. The maximum Gasteiger partial charge on any atom is 0.325 e. The van der Waals surface area contributed by atoms with E-state index in [0.29, 0.717) is 36.1 Å². The summed E-state index contributed by atoms with van der Waals surface area (Å²) in [6.07, 6.45) is 0. The number of carbonyl (C=O) groups is 4. The van der Waals surface area contributed by atoms with Crippen molar-refractivity contribution in [2.24, 2.45) is 0 Å². The van der Waals surface area contributed by atoms with E-state index in [1.807, 2.05) is 5.32 Å². The minimum Gasteiger partial charge on any atom is -0.486 e. The van der Waals surface area contributed by atoms with Crippen molar-refractivity contribution in [2.45, 2.75) is 12.2 Å². The lowest BCUT2D eigenvalue weighted by atomic mass is 10.2. The SMILES string of the molecule is CC(SCC(=O)Nc1ccc(F)cc1)C(=O)OCC(=O)NC(=O)Nc1ccc2c(c1)OCCO2. The third-order valence-corrected chi connectivity index (χ3v) is 5.44. The summed E-state index contributed by atoms with van der Waals surface area (Å²) < 4.78 is 28.6. The molecule has 0 aromatic heterocycles. The average Bonchev–Trinajstić information content (AvgIpc) is 2.82. The van der Waals surface area contributed by atoms with Crippen molar-refractivity contribution in [1.29, 1.82) is 0 Å². The molecule has 1 unspecified atom stereocenters. The van der Waals surface area contributed by atoms with E-state index in [0.717, 1.165) is 11.8 Å². The number of imide groups is 1. The fraction of sp³-hybridized carbons (Fsp3) is 0.273. The summed E-state index contributed by atoms with van der Waals surface area (Å²) in [7, 11) is 0. The standard InChI is InChI=1S/C22H22FN3O7S/c1-13(34-12-20(28)24-15-4-2-14(23)3-5-15)21(29)33-11-19(27)26-22(30)25-16-6-7-17-18(10-16)32-9-8-31-17/h2-7,10,13H,8-9,11-12H2,1H3,(H,24,28)(H2,25,26,27,30). The van der Waals surface area contributed by atoms with Gasteiger partial charge in [0, 0.05) is 17.4 Å². The Bertz CT molecular complexity index is 1060. The van der Waals surface area contributed by atoms with Crippen molar-refractivity contribution in [2.75, 3.05) is 36.2 Å². The van der Waals surface area contributed by atoms with E-state index >= 15 is 0 Å². The first-order valence-electron chi connectivity index (χ1n) is 10.1. The molecule has 3 N–H and O–H groups in total. The molecule has 34 heavy (non-hydrogen) atoms. The molecule has 0 saturated carbocycles. The van der Waals surface area contributed by atoms with E-state index in [4.69, 9.17) is 14.2 Å². The highest BCUT2D eigenvalue weighted by Gasteiger charge is 2.19. The highest BCUT2D eigenvalue weighted by Crippen LogP contribution is 2.32. The summed E-state index contributed by atoms with van der Waals surface area (Å²) in [5, 5.41) is 6.35. The number of nitrogens with one attached hydrogen (secondary N) is 3. The molecule has 12 heteroatoms. The number of hydrogen-bond donors (Lipinski definition) is 3. The van der Waals surface area contributed by atoms with Crippen LogP contribution in [-0.2, 0) is 19.1 Å². The quantitative estimate of drug-likeness (QED) is 0.480. The Morgan fingerprint density at radius 2 is 1.65 bits per heavy atom. The van der Waals surface area contributed by atoms with Gasteiger partial charge in [0.2, 0.25) is 5.91 Å². The van der Waals surface area contributed by atoms with Gasteiger partial charge < -0.3 is 24.8 Å². The Kier molecular flexibility index (Phi) is 8.68. The number of rotatable bonds is 8. The third kappa shape index (κ3) is 7.66. The molecule has 1 heterocycles. The maximum atomic E-state index is 12.9. The monoisotopic (exact) mass is 491 g/mol. The molecule has 1 aliphatic rings. The molecule has 1 aliphatic heterocycles. The van der Waals surface area contributed by atoms with Gasteiger partial charge in [0.1, 0.15) is 24.3 Å². The van der Waals surface area contributed by atoms with Crippen LogP contribution in [-0.4, -0.2) is 54.6 Å². The summed E-state index contributed by atoms with van der Waals surface area (Å²) in [4.78, 5) is 47.9. The van der Waals surface area contributed by atoms with Gasteiger partial charge in [-0.1, -0.05) is 0 Å². The predicted molar refractivity (Wildman–Crippen MR) is 123 cm³/mol. The van der Waals surface area contributed by atoms with Crippen LogP contribution >= 0.6 is 11.8 Å². The van der Waals surface area contributed by atoms with Crippen LogP contribution in [0.5, 0.6) is 11.5 Å². The number of benzene rings is 2. The zero-order valence-corrected chi connectivity index (χ0v) is 18.9. The molecule has 0 fully saturated rings. The van der Waals surface area contributed by atoms with Gasteiger partial charge in [-0.15, -0.1) is 11.8 Å². The first-order chi connectivity index (χ1) is 16.3. The molecule has 0 aliphatic carbocycles. The number of thioether (sulfide) groups is 1. The third-order valence-electron chi connectivity index (χ3n) is 4.32. The van der Waals surface area contributed by atoms with Crippen molar-refractivity contribution in [3.63, 3.8) is 0 Å². The zero-order chi connectivity index (χ0) is 24.5. The van der Waals surface area contributed by atoms with Crippen molar-refractivity contribution >= 4 is 47.0 Å². The van der Waals surface area contributed by atoms with E-state index in [1.165, 1.54) is 31.2 Å². The fourth-order valence-electron chi connectivity index (χ4n) is 2.70. The number of esters is 1. The van der Waals surface area contributed by atoms with Crippen LogP contribution in [0.4, 0.5) is 20.6 Å². The number of ether oxygens (including phenoxy) is 3. The second-order valence-electron chi connectivity index (χ2n) is 6.98. The van der Waals surface area contributed by atoms with Crippen LogP contribution in [0, 0.1) is 5.82 Å². The number of carbonyl (C=O) groups excluding carboxylic acids is 4. The lowest BCUT2D eigenvalue weighted by Gasteiger charge is -2.19. The van der Waals surface area contributed by atoms with Crippen molar-refractivity contribution in [3.05, 3.63) is 48.3 Å². The normalized spacial score (nSPS) is 12.8. The van der Waals surface area contributed by atoms with E-state index < -0.39 is 35.6 Å². The topological polar surface area (TPSA) is 132 Å². The van der Waals surface area contributed by atoms with Crippen LogP contribution in [0.25, 0.3) is 0 Å². The van der Waals surface area contributed by atoms with E-state index in [9.17, 15) is 23.6 Å². The summed E-state index contributed by atoms with van der Waals surface area (Å²) in [6, 6.07) is 9.22. The minimum atomic E-state index is -0.824. The molecule has 1 atom stereocenters. The number of anilines is 2. The molecule has 180 valence electrons. The van der Waals surface area contributed by atoms with Gasteiger partial charge in [-0.3, -0.25) is 19.7 Å². The highest BCUT2D eigenvalue weighted by molar-refractivity contribution is 8.01. The molecule has 4 amide bonds. The van der Waals surface area contributed by atoms with Crippen LogP contribution in [0.2, 0.25) is 0 Å². The number of urea groups is 1. The number of halogens is 1. The summed E-state index contributed by atoms with van der Waals surface area (Å²) in [6.45, 7) is 1.68. The Morgan fingerprint density at radius 1 is 0.971 bits per heavy atom. The summed E-state index contributed by atoms with van der Waals surface area (Å²) in [5.74, 6) is -1.38. The van der Waals surface area contributed by atoms with Crippen molar-refractivity contribution in [3.8, 4) is 11.5 Å². The molecule has 10 nitrogen and oxygen atoms in total. The molecular weight excluding hydrogens is 469 g/mol. The fourth-order valence-corrected chi connectivity index (χ4v) is 3.38. The van der Waals surface area contributed by atoms with Crippen LogP contribution < -0.4 is 25.4 Å². The summed E-state index contributed by atoms with van der Waals surface area (Å²) in [5.41, 5.74) is 0.809. The highest BCUT2D eigenvalue weighted by atomic mass is 32.2. The molecule has 0 spiro atoms. The van der Waals surface area contributed by atoms with E-state index in [1.54, 1.807) is 18.2 Å². The Hall–Kier alpha value is -3.80. The number of hydrogen-bond acceptors (Lipinski definition) is 8. The van der Waals surface area contributed by atoms with E-state index in [2.05, 4.69) is 10.6 Å². The van der Waals surface area contributed by atoms with Gasteiger partial charge in [0.15, 0.2) is 18.1 Å². The molecule has 0 radical (unpaired) electrons. The average molecular weight is 491 g/mol. The van der Waals surface area contributed by atoms with Crippen LogP contribution in [0.3, 0.4) is 0 Å². The number of amides is 4. The predicted octanol–water partition coefficient (Wildman–Crippen LogP) is 2.55. The van der Waals surface area contributed by atoms with Crippen LogP contribution in [0.1, 0.15) is 6.92 Å². The smallest absolute Gasteiger partial charge is 0.325 e. The van der Waals surface area contributed by atoms with Gasteiger partial charge in [-0.2, -0.15) is 0 Å². The summed E-state index contributed by atoms with van der Waals surface area (Å²) >= 11 is 1.000. The largest absolute Gasteiger partial charge is 0.486 e. The minimum absolute atomic E-state index is 0.0578. The van der Waals surface area contributed by atoms with Gasteiger partial charge in [-0.05, 0) is 43.3 Å². The van der Waals surface area contributed by atoms with Gasteiger partial charge in [-0.25, -0.2) is 9.18 Å². The van der Waals surface area contributed by atoms with Crippen molar-refractivity contribution < 1.29 is 37.8 Å². The van der Waals surface area contributed by atoms with Gasteiger partial charge >= 0.3 is 12.0 Å². The first-order valence-corrected chi connectivity index (χ1v) is 11.2. The Morgan fingerprint density at radius 3 is 2.38 bits per heavy atom. The molecule has 2 aromatic carbocycles. The lowest BCUT2D eigenvalue weighted by molar-refractivity contribution is -0.147. The molecule has 2 aromatic rings. The number of fused-ring (bicyclic) bond motifs is 1. The molecular formula is C22H22FN3O7S. The van der Waals surface area contributed by atoms with Crippen LogP contribution in [0.15, 0.2) is 42.5 Å². The van der Waals surface area contributed by atoms with Gasteiger partial charge in [0.25, 0.3) is 5.91 Å². The lowest BCUT2D eigenvalue weighted by Crippen LogP contribution is -2.37. The maximum absolute atomic E-state index is 12.9. The zero-order valence-electron chi connectivity index (χ0n) is 18.1. The van der Waals surface area contributed by atoms with Gasteiger partial charge in [0.05, 0.1) is 5.75 Å². The van der Waals surface area contributed by atoms with Crippen molar-refractivity contribution in [1.82, 2.24) is 5.32 Å². The second kappa shape index (κ2) is 11.9.